The van der Waals surface area contributed by atoms with E-state index >= 15 is 0 Å². The predicted molar refractivity (Wildman–Crippen MR) is 145 cm³/mol. The lowest BCUT2D eigenvalue weighted by atomic mass is 9.82. The Balaban J connectivity index is 1.83. The maximum absolute atomic E-state index is 3.83. The molecule has 0 unspecified atom stereocenters. The molecule has 0 N–H and O–H groups in total. The lowest BCUT2D eigenvalue weighted by molar-refractivity contribution is 1.57. The zero-order chi connectivity index (χ0) is 22.7. The third-order valence-corrected chi connectivity index (χ3v) is 6.35. The quantitative estimate of drug-likeness (QED) is 0.261. The van der Waals surface area contributed by atoms with E-state index in [4.69, 9.17) is 0 Å². The summed E-state index contributed by atoms with van der Waals surface area (Å²) in [5.74, 6) is 0. The lowest BCUT2D eigenvalue weighted by Gasteiger charge is -2.21. The number of fused-ring (bicyclic) bond motifs is 1. The average Bonchev–Trinajstić information content (AvgIpc) is 2.93. The summed E-state index contributed by atoms with van der Waals surface area (Å²) in [5, 5.41) is 2.36. The summed E-state index contributed by atoms with van der Waals surface area (Å²) in [4.78, 5) is 0. The van der Waals surface area contributed by atoms with Gasteiger partial charge in [-0.25, -0.2) is 0 Å². The van der Waals surface area contributed by atoms with Crippen LogP contribution in [-0.4, -0.2) is 0 Å². The van der Waals surface area contributed by atoms with Gasteiger partial charge >= 0.3 is 0 Å². The zero-order valence-corrected chi connectivity index (χ0v) is 18.8. The second-order valence-corrected chi connectivity index (χ2v) is 8.44. The van der Waals surface area contributed by atoms with Gasteiger partial charge in [-0.05, 0) is 61.3 Å². The van der Waals surface area contributed by atoms with Crippen LogP contribution in [0.25, 0.3) is 55.3 Å². The van der Waals surface area contributed by atoms with Crippen LogP contribution in [0.15, 0.2) is 140 Å². The van der Waals surface area contributed by atoms with Gasteiger partial charge in [0.1, 0.15) is 0 Å². The molecule has 0 saturated heterocycles. The monoisotopic (exact) mass is 431 g/mol. The highest BCUT2D eigenvalue weighted by molar-refractivity contribution is 6.14. The molecule has 1 radical (unpaired) electrons. The first-order valence-electron chi connectivity index (χ1n) is 11.6. The van der Waals surface area contributed by atoms with Crippen LogP contribution in [0.3, 0.4) is 0 Å². The standard InChI is InChI=1S/C34H23/c1-5-14-25(15-6-1)30-23-13-22-29-24-31(26-16-7-2-8-17-26)32(27-18-9-3-10-19-27)34(33(29)30)28-20-11-4-12-21-28/h1-23H. The number of hydrogen-bond acceptors (Lipinski definition) is 0. The van der Waals surface area contributed by atoms with E-state index < -0.39 is 0 Å². The minimum absolute atomic E-state index is 1.12. The summed E-state index contributed by atoms with van der Waals surface area (Å²) in [6.07, 6.45) is 0. The van der Waals surface area contributed by atoms with Crippen LogP contribution in [0.2, 0.25) is 0 Å². The molecule has 0 spiro atoms. The molecule has 0 amide bonds. The predicted octanol–water partition coefficient (Wildman–Crippen LogP) is 9.31. The van der Waals surface area contributed by atoms with Crippen molar-refractivity contribution in [1.29, 1.82) is 0 Å². The molecule has 0 bridgehead atoms. The van der Waals surface area contributed by atoms with Crippen molar-refractivity contribution < 1.29 is 0 Å². The molecule has 34 heavy (non-hydrogen) atoms. The molecular weight excluding hydrogens is 408 g/mol. The normalized spacial score (nSPS) is 10.9. The van der Waals surface area contributed by atoms with Crippen molar-refractivity contribution in [3.63, 3.8) is 0 Å². The average molecular weight is 432 g/mol. The van der Waals surface area contributed by atoms with Crippen molar-refractivity contribution in [3.05, 3.63) is 146 Å². The second kappa shape index (κ2) is 8.84. The van der Waals surface area contributed by atoms with Crippen LogP contribution in [0.5, 0.6) is 0 Å². The first-order valence-corrected chi connectivity index (χ1v) is 11.6. The third-order valence-electron chi connectivity index (χ3n) is 6.35. The van der Waals surface area contributed by atoms with E-state index in [1.165, 1.54) is 44.3 Å². The molecular formula is C34H23. The van der Waals surface area contributed by atoms with Gasteiger partial charge in [-0.2, -0.15) is 0 Å². The number of rotatable bonds is 4. The van der Waals surface area contributed by atoms with Crippen LogP contribution in [0, 0.1) is 6.07 Å². The van der Waals surface area contributed by atoms with Gasteiger partial charge in [-0.15, -0.1) is 0 Å². The fraction of sp³-hybridized carbons (Fsp3) is 0. The Labute approximate surface area is 200 Å². The zero-order valence-electron chi connectivity index (χ0n) is 18.8. The number of hydrogen-bond donors (Lipinski definition) is 0. The molecule has 0 aromatic heterocycles. The Morgan fingerprint density at radius 2 is 0.824 bits per heavy atom. The maximum atomic E-state index is 3.83. The van der Waals surface area contributed by atoms with E-state index in [9.17, 15) is 0 Å². The molecule has 0 aliphatic heterocycles. The van der Waals surface area contributed by atoms with E-state index in [0.29, 0.717) is 0 Å². The molecule has 0 heterocycles. The maximum Gasteiger partial charge on any atom is -0.000718 e. The topological polar surface area (TPSA) is 0 Å². The second-order valence-electron chi connectivity index (χ2n) is 8.44. The van der Waals surface area contributed by atoms with Gasteiger partial charge in [0.25, 0.3) is 0 Å². The summed E-state index contributed by atoms with van der Waals surface area (Å²) in [6.45, 7) is 0. The molecule has 6 aromatic carbocycles. The van der Waals surface area contributed by atoms with Crippen LogP contribution in [0.4, 0.5) is 0 Å². The van der Waals surface area contributed by atoms with E-state index in [1.807, 2.05) is 0 Å². The summed E-state index contributed by atoms with van der Waals surface area (Å²) in [5.41, 5.74) is 9.61. The molecule has 0 heteroatoms. The van der Waals surface area contributed by atoms with Crippen molar-refractivity contribution in [2.24, 2.45) is 0 Å². The summed E-state index contributed by atoms with van der Waals surface area (Å²) in [6, 6.07) is 53.2. The van der Waals surface area contributed by atoms with Crippen molar-refractivity contribution in [1.82, 2.24) is 0 Å². The molecule has 0 aliphatic carbocycles. The molecule has 159 valence electrons. The first-order chi connectivity index (χ1) is 16.9. The Hall–Kier alpha value is -4.42. The Bertz CT molecular complexity index is 1550. The number of benzene rings is 6. The molecule has 0 nitrogen and oxygen atoms in total. The van der Waals surface area contributed by atoms with Gasteiger partial charge in [0.15, 0.2) is 0 Å². The fourth-order valence-electron chi connectivity index (χ4n) is 4.84. The van der Waals surface area contributed by atoms with Crippen LogP contribution in [0.1, 0.15) is 0 Å². The largest absolute Gasteiger partial charge is 0.0622 e. The van der Waals surface area contributed by atoms with Gasteiger partial charge in [0.2, 0.25) is 0 Å². The Kier molecular flexibility index (Phi) is 5.26. The van der Waals surface area contributed by atoms with Gasteiger partial charge in [0.05, 0.1) is 0 Å². The molecule has 0 fully saturated rings. The van der Waals surface area contributed by atoms with Gasteiger partial charge in [-0.3, -0.25) is 0 Å². The first kappa shape index (κ1) is 20.2. The molecule has 6 aromatic rings. The van der Waals surface area contributed by atoms with Gasteiger partial charge < -0.3 is 0 Å². The van der Waals surface area contributed by atoms with E-state index in [0.717, 1.165) is 10.9 Å². The fourth-order valence-corrected chi connectivity index (χ4v) is 4.84. The molecule has 0 atom stereocenters. The summed E-state index contributed by atoms with van der Waals surface area (Å²) in [7, 11) is 0. The van der Waals surface area contributed by atoms with Crippen LogP contribution >= 0.6 is 0 Å². The van der Waals surface area contributed by atoms with E-state index in [1.54, 1.807) is 0 Å². The molecule has 0 saturated carbocycles. The SMILES string of the molecule is [c]1c(-c2ccccc2)c(-c2ccccc2)c(-c2ccccc2)c2c(-c3ccccc3)cccc12. The van der Waals surface area contributed by atoms with Crippen molar-refractivity contribution >= 4 is 10.8 Å². The molecule has 0 aliphatic rings. The minimum atomic E-state index is 1.12. The Morgan fingerprint density at radius 3 is 1.38 bits per heavy atom. The van der Waals surface area contributed by atoms with Crippen LogP contribution < -0.4 is 0 Å². The van der Waals surface area contributed by atoms with Crippen molar-refractivity contribution in [2.45, 2.75) is 0 Å². The van der Waals surface area contributed by atoms with E-state index in [-0.39, 0.29) is 0 Å². The molecule has 6 rings (SSSR count). The van der Waals surface area contributed by atoms with E-state index in [2.05, 4.69) is 146 Å². The highest BCUT2D eigenvalue weighted by Crippen LogP contribution is 2.47. The third kappa shape index (κ3) is 3.60. The lowest BCUT2D eigenvalue weighted by Crippen LogP contribution is -1.95. The van der Waals surface area contributed by atoms with Crippen molar-refractivity contribution in [3.8, 4) is 44.5 Å². The van der Waals surface area contributed by atoms with Crippen LogP contribution in [-0.2, 0) is 0 Å². The highest BCUT2D eigenvalue weighted by atomic mass is 14.2. The highest BCUT2D eigenvalue weighted by Gasteiger charge is 2.20. The minimum Gasteiger partial charge on any atom is -0.0622 e. The smallest absolute Gasteiger partial charge is 0.000718 e. The van der Waals surface area contributed by atoms with Gasteiger partial charge in [0, 0.05) is 0 Å². The van der Waals surface area contributed by atoms with Crippen molar-refractivity contribution in [2.75, 3.05) is 0 Å². The van der Waals surface area contributed by atoms with Gasteiger partial charge in [-0.1, -0.05) is 140 Å². The summed E-state index contributed by atoms with van der Waals surface area (Å²) >= 11 is 0. The Morgan fingerprint density at radius 1 is 0.353 bits per heavy atom. The summed E-state index contributed by atoms with van der Waals surface area (Å²) < 4.78 is 0.